The minimum Gasteiger partial charge on any atom is -0.309 e. The maximum absolute atomic E-state index is 5.32. The van der Waals surface area contributed by atoms with Crippen molar-refractivity contribution in [1.82, 2.24) is 48.2 Å². The molecule has 0 bridgehead atoms. The van der Waals surface area contributed by atoms with Crippen molar-refractivity contribution in [2.45, 2.75) is 20.8 Å². The number of nitrogens with zero attached hydrogens (tertiary/aromatic N) is 10. The van der Waals surface area contributed by atoms with Gasteiger partial charge in [-0.15, -0.1) is 0 Å². The Hall–Kier alpha value is -12.9. The number of para-hydroxylation sites is 4. The van der Waals surface area contributed by atoms with Crippen LogP contribution >= 0.6 is 0 Å². The highest BCUT2D eigenvalue weighted by Crippen LogP contribution is 2.42. The molecule has 13 aromatic carbocycles. The van der Waals surface area contributed by atoms with Crippen LogP contribution < -0.4 is 16.4 Å². The van der Waals surface area contributed by atoms with E-state index in [0.717, 1.165) is 110 Å². The van der Waals surface area contributed by atoms with Gasteiger partial charge in [0.15, 0.2) is 23.3 Å². The summed E-state index contributed by atoms with van der Waals surface area (Å²) in [4.78, 5) is 31.5. The summed E-state index contributed by atoms with van der Waals surface area (Å²) in [7, 11) is 0. The monoisotopic (exact) mass is 1250 g/mol. The highest BCUT2D eigenvalue weighted by Gasteiger charge is 2.29. The van der Waals surface area contributed by atoms with Gasteiger partial charge in [-0.2, -0.15) is 19.9 Å². The fourth-order valence-corrected chi connectivity index (χ4v) is 15.5. The van der Waals surface area contributed by atoms with Crippen LogP contribution in [0.1, 0.15) is 16.7 Å². The summed E-state index contributed by atoms with van der Waals surface area (Å²) in [6.45, 7) is 6.60. The second-order valence-corrected chi connectivity index (χ2v) is 25.6. The predicted octanol–water partition coefficient (Wildman–Crippen LogP) is 18.6. The Kier molecular flexibility index (Phi) is 13.1. The van der Waals surface area contributed by atoms with Gasteiger partial charge in [0.05, 0.1) is 44.1 Å². The van der Waals surface area contributed by atoms with Crippen molar-refractivity contribution in [1.29, 1.82) is 0 Å². The van der Waals surface area contributed by atoms with Gasteiger partial charge in [0, 0.05) is 76.7 Å². The van der Waals surface area contributed by atoms with E-state index in [1.54, 1.807) is 0 Å². The van der Waals surface area contributed by atoms with Gasteiger partial charge in [0.25, 0.3) is 0 Å². The predicted molar refractivity (Wildman–Crippen MR) is 404 cm³/mol. The van der Waals surface area contributed by atoms with Crippen LogP contribution in [0.3, 0.4) is 0 Å². The lowest BCUT2D eigenvalue weighted by molar-refractivity contribution is 0.953. The molecule has 19 rings (SSSR count). The van der Waals surface area contributed by atoms with E-state index < -0.39 is 0 Å². The Morgan fingerprint density at radius 2 is 0.531 bits per heavy atom. The topological polar surface area (TPSA) is 97.1 Å². The van der Waals surface area contributed by atoms with Crippen molar-refractivity contribution in [3.8, 4) is 68.8 Å². The molecule has 6 aromatic heterocycles. The summed E-state index contributed by atoms with van der Waals surface area (Å²) in [6.07, 6.45) is 0. The maximum Gasteiger partial charge on any atom is 0.242 e. The van der Waals surface area contributed by atoms with Crippen molar-refractivity contribution in [2.75, 3.05) is 0 Å². The largest absolute Gasteiger partial charge is 0.309 e. The molecule has 0 aliphatic carbocycles. The van der Waals surface area contributed by atoms with E-state index >= 15 is 0 Å². The molecule has 11 heteroatoms. The molecule has 0 atom stereocenters. The minimum absolute atomic E-state index is 0.164. The Morgan fingerprint density at radius 1 is 0.235 bits per heavy atom. The fourth-order valence-electron chi connectivity index (χ4n) is 15.5. The van der Waals surface area contributed by atoms with Crippen LogP contribution in [0.15, 0.2) is 303 Å². The molecule has 460 valence electrons. The Morgan fingerprint density at radius 3 is 0.867 bits per heavy atom. The van der Waals surface area contributed by atoms with Crippen molar-refractivity contribution in [3.63, 3.8) is 0 Å². The van der Waals surface area contributed by atoms with E-state index in [0.29, 0.717) is 35.2 Å². The van der Waals surface area contributed by atoms with Gasteiger partial charge in [0.1, 0.15) is 0 Å². The smallest absolute Gasteiger partial charge is 0.242 e. The number of aryl methyl sites for hydroxylation is 3. The van der Waals surface area contributed by atoms with E-state index in [1.807, 2.05) is 72.8 Å². The molecule has 19 aromatic rings. The number of rotatable bonds is 11. The van der Waals surface area contributed by atoms with Crippen LogP contribution in [0.4, 0.5) is 0 Å². The molecule has 98 heavy (non-hydrogen) atoms. The zero-order chi connectivity index (χ0) is 65.1. The highest BCUT2D eigenvalue weighted by molar-refractivity contribution is 6.96. The molecule has 0 fully saturated rings. The number of hydrogen-bond acceptors (Lipinski definition) is 6. The molecule has 0 radical (unpaired) electrons. The molecular formula is C87H59BN10. The van der Waals surface area contributed by atoms with Crippen LogP contribution in [0.25, 0.3) is 156 Å². The summed E-state index contributed by atoms with van der Waals surface area (Å²) >= 11 is 0. The SMILES string of the molecule is Cc1cc(C)c(B(c2cccc(-n3c4ccccc4c4cc5c6ccccc6n(-c6nc(-c7ccccc7)nc(-c7ccccc7)n6)c5cc43)c2)c2cccc(-n3c4ccccc4c4cc5c6ccccc6n(-c6nc(-c7ccccc7)nc(-c7ccccc7)n6)c5cc43)c2)c(C)c1. The Bertz CT molecular complexity index is 5910. The number of aromatic nitrogens is 10. The molecule has 0 unspecified atom stereocenters. The summed E-state index contributed by atoms with van der Waals surface area (Å²) in [5.74, 6) is 3.53. The minimum atomic E-state index is -0.164. The lowest BCUT2D eigenvalue weighted by atomic mass is 9.35. The fraction of sp³-hybridized carbons (Fsp3) is 0.0345. The molecular weight excluding hydrogens is 1200 g/mol. The standard InChI is InChI=1S/C87H59BN10/c1-54-46-55(2)81(56(3)47-54)88(61-34-24-36-63(48-61)95-73-42-20-16-38-65(73)69-50-71-67-40-18-22-44-75(67)97(79(71)52-77(69)95)86-91-82(57-26-8-4-9-27-57)89-83(92-86)58-28-10-5-11-29-58)62-35-25-37-64(49-62)96-74-43-21-17-39-66(74)70-51-72-68-41-19-23-45-76(68)98(80(72)53-78(70)96)87-93-84(59-30-12-6-13-31-59)90-85(94-87)60-32-14-7-15-33-60/h4-53H,1-3H3. The molecule has 0 amide bonds. The molecule has 0 spiro atoms. The normalized spacial score (nSPS) is 11.8. The second-order valence-electron chi connectivity index (χ2n) is 25.6. The number of benzene rings is 13. The number of fused-ring (bicyclic) bond motifs is 12. The quantitative estimate of drug-likeness (QED) is 0.120. The van der Waals surface area contributed by atoms with Crippen molar-refractivity contribution >= 4 is 110 Å². The Labute approximate surface area is 564 Å². The van der Waals surface area contributed by atoms with Crippen molar-refractivity contribution in [3.05, 3.63) is 320 Å². The van der Waals surface area contributed by atoms with Gasteiger partial charge in [-0.25, -0.2) is 9.97 Å². The van der Waals surface area contributed by atoms with Gasteiger partial charge in [-0.3, -0.25) is 9.13 Å². The summed E-state index contributed by atoms with van der Waals surface area (Å²) in [5, 5.41) is 9.13. The first-order valence-electron chi connectivity index (χ1n) is 33.3. The van der Waals surface area contributed by atoms with Gasteiger partial charge >= 0.3 is 0 Å². The lowest BCUT2D eigenvalue weighted by Gasteiger charge is -2.23. The van der Waals surface area contributed by atoms with Crippen LogP contribution in [0.2, 0.25) is 0 Å². The average molecular weight is 1260 g/mol. The first-order chi connectivity index (χ1) is 48.3. The first kappa shape index (κ1) is 56.7. The van der Waals surface area contributed by atoms with E-state index in [2.05, 4.69) is 270 Å². The average Bonchev–Trinajstić information content (AvgIpc) is 1.56. The third kappa shape index (κ3) is 9.19. The molecule has 0 aliphatic heterocycles. The van der Waals surface area contributed by atoms with Crippen molar-refractivity contribution in [2.24, 2.45) is 0 Å². The van der Waals surface area contributed by atoms with Crippen LogP contribution in [0, 0.1) is 20.8 Å². The van der Waals surface area contributed by atoms with Crippen LogP contribution in [0.5, 0.6) is 0 Å². The molecule has 0 saturated heterocycles. The highest BCUT2D eigenvalue weighted by atomic mass is 15.2. The van der Waals surface area contributed by atoms with Gasteiger partial charge in [-0.1, -0.05) is 264 Å². The van der Waals surface area contributed by atoms with Gasteiger partial charge < -0.3 is 9.13 Å². The van der Waals surface area contributed by atoms with E-state index in [1.165, 1.54) is 43.9 Å². The molecule has 10 nitrogen and oxygen atoms in total. The third-order valence-electron chi connectivity index (χ3n) is 19.7. The maximum atomic E-state index is 5.32. The van der Waals surface area contributed by atoms with Gasteiger partial charge in [-0.05, 0) is 93.6 Å². The van der Waals surface area contributed by atoms with Crippen LogP contribution in [-0.4, -0.2) is 54.9 Å². The number of hydrogen-bond donors (Lipinski definition) is 0. The zero-order valence-corrected chi connectivity index (χ0v) is 53.9. The van der Waals surface area contributed by atoms with E-state index in [4.69, 9.17) is 29.9 Å². The second kappa shape index (κ2) is 22.7. The molecule has 0 N–H and O–H groups in total. The molecule has 0 aliphatic rings. The first-order valence-corrected chi connectivity index (χ1v) is 33.3. The summed E-state index contributed by atoms with van der Waals surface area (Å²) < 4.78 is 9.37. The van der Waals surface area contributed by atoms with E-state index in [9.17, 15) is 0 Å². The van der Waals surface area contributed by atoms with Crippen molar-refractivity contribution < 1.29 is 0 Å². The third-order valence-corrected chi connectivity index (χ3v) is 19.7. The molecule has 0 saturated carbocycles. The van der Waals surface area contributed by atoms with Gasteiger partial charge in [0.2, 0.25) is 18.6 Å². The summed E-state index contributed by atoms with van der Waals surface area (Å²) in [5.41, 5.74) is 21.6. The lowest BCUT2D eigenvalue weighted by Crippen LogP contribution is -2.54. The molecule has 6 heterocycles. The summed E-state index contributed by atoms with van der Waals surface area (Å²) in [6, 6.07) is 108. The van der Waals surface area contributed by atoms with E-state index in [-0.39, 0.29) is 6.71 Å². The Balaban J connectivity index is 0.805. The van der Waals surface area contributed by atoms with Crippen LogP contribution in [-0.2, 0) is 0 Å². The zero-order valence-electron chi connectivity index (χ0n) is 53.9.